The Morgan fingerprint density at radius 2 is 2.10 bits per heavy atom. The number of hydrogen-bond acceptors (Lipinski definition) is 2. The van der Waals surface area contributed by atoms with Crippen molar-refractivity contribution in [3.05, 3.63) is 33.8 Å². The Bertz CT molecular complexity index is 531. The second-order valence-corrected chi connectivity index (χ2v) is 5.96. The number of likely N-dealkylation sites (tertiary alicyclic amines) is 1. The number of likely N-dealkylation sites (N-methyl/N-ethyl adjacent to an activating group) is 1. The molecule has 20 heavy (non-hydrogen) atoms. The Labute approximate surface area is 127 Å². The van der Waals surface area contributed by atoms with Gasteiger partial charge in [-0.25, -0.2) is 0 Å². The zero-order valence-electron chi connectivity index (χ0n) is 11.8. The van der Waals surface area contributed by atoms with E-state index in [-0.39, 0.29) is 17.9 Å². The van der Waals surface area contributed by atoms with Crippen molar-refractivity contribution in [1.29, 1.82) is 0 Å². The van der Waals surface area contributed by atoms with E-state index in [9.17, 15) is 9.59 Å². The minimum atomic E-state index is -0.353. The van der Waals surface area contributed by atoms with Gasteiger partial charge in [-0.15, -0.1) is 0 Å². The van der Waals surface area contributed by atoms with Gasteiger partial charge in [0.2, 0.25) is 5.91 Å². The molecule has 1 fully saturated rings. The number of nitrogens with one attached hydrogen (secondary N) is 1. The second kappa shape index (κ2) is 6.39. The van der Waals surface area contributed by atoms with Gasteiger partial charge in [-0.3, -0.25) is 9.59 Å². The van der Waals surface area contributed by atoms with Crippen LogP contribution in [0.3, 0.4) is 0 Å². The third kappa shape index (κ3) is 3.03. The highest BCUT2D eigenvalue weighted by Crippen LogP contribution is 2.24. The van der Waals surface area contributed by atoms with Crippen LogP contribution in [0.15, 0.2) is 22.7 Å². The number of carbonyl (C=O) groups is 2. The molecule has 1 unspecified atom stereocenters. The maximum absolute atomic E-state index is 12.7. The summed E-state index contributed by atoms with van der Waals surface area (Å²) in [4.78, 5) is 26.4. The number of rotatable bonds is 2. The monoisotopic (exact) mass is 338 g/mol. The van der Waals surface area contributed by atoms with Crippen molar-refractivity contribution in [1.82, 2.24) is 10.2 Å². The second-order valence-electron chi connectivity index (χ2n) is 5.11. The number of carbonyl (C=O) groups excluding carboxylic acids is 2. The summed E-state index contributed by atoms with van der Waals surface area (Å²) in [6.45, 7) is 2.59. The van der Waals surface area contributed by atoms with Gasteiger partial charge < -0.3 is 10.2 Å². The molecule has 0 radical (unpaired) electrons. The molecule has 0 spiro atoms. The largest absolute Gasteiger partial charge is 0.357 e. The van der Waals surface area contributed by atoms with Crippen LogP contribution < -0.4 is 5.32 Å². The lowest BCUT2D eigenvalue weighted by atomic mass is 9.99. The van der Waals surface area contributed by atoms with Gasteiger partial charge in [-0.2, -0.15) is 0 Å². The molecule has 1 aliphatic heterocycles. The Morgan fingerprint density at radius 1 is 1.35 bits per heavy atom. The van der Waals surface area contributed by atoms with Crippen molar-refractivity contribution in [2.45, 2.75) is 32.2 Å². The summed E-state index contributed by atoms with van der Waals surface area (Å²) in [5, 5.41) is 2.65. The summed E-state index contributed by atoms with van der Waals surface area (Å²) in [5.74, 6) is -0.157. The molecule has 0 bridgehead atoms. The average molecular weight is 339 g/mol. The fraction of sp³-hybridized carbons (Fsp3) is 0.467. The predicted molar refractivity (Wildman–Crippen MR) is 81.6 cm³/mol. The molecule has 1 heterocycles. The third-order valence-corrected chi connectivity index (χ3v) is 4.36. The first kappa shape index (κ1) is 15.0. The molecule has 2 rings (SSSR count). The average Bonchev–Trinajstić information content (AvgIpc) is 2.48. The Kier molecular flexibility index (Phi) is 4.81. The minimum absolute atomic E-state index is 0.0751. The van der Waals surface area contributed by atoms with E-state index >= 15 is 0 Å². The maximum Gasteiger partial charge on any atom is 0.255 e. The first-order valence-electron chi connectivity index (χ1n) is 6.83. The van der Waals surface area contributed by atoms with Crippen molar-refractivity contribution in [3.63, 3.8) is 0 Å². The Balaban J connectivity index is 2.30. The summed E-state index contributed by atoms with van der Waals surface area (Å²) in [7, 11) is 1.61. The van der Waals surface area contributed by atoms with E-state index in [1.54, 1.807) is 11.9 Å². The zero-order valence-corrected chi connectivity index (χ0v) is 13.4. The van der Waals surface area contributed by atoms with Crippen LogP contribution in [-0.4, -0.2) is 36.3 Å². The molecule has 0 saturated carbocycles. The molecular formula is C15H19BrN2O2. The van der Waals surface area contributed by atoms with Gasteiger partial charge in [0.25, 0.3) is 5.91 Å². The molecule has 108 valence electrons. The van der Waals surface area contributed by atoms with Gasteiger partial charge in [-0.1, -0.05) is 11.6 Å². The third-order valence-electron chi connectivity index (χ3n) is 3.66. The fourth-order valence-electron chi connectivity index (χ4n) is 2.57. The SMILES string of the molecule is CNC(=O)C1CCCCN1C(=O)c1cc(C)ccc1Br. The summed E-state index contributed by atoms with van der Waals surface area (Å²) in [6.07, 6.45) is 2.66. The van der Waals surface area contributed by atoms with E-state index in [4.69, 9.17) is 0 Å². The summed E-state index contributed by atoms with van der Waals surface area (Å²) in [6, 6.07) is 5.34. The highest BCUT2D eigenvalue weighted by molar-refractivity contribution is 9.10. The van der Waals surface area contributed by atoms with Crippen molar-refractivity contribution in [2.75, 3.05) is 13.6 Å². The molecule has 5 heteroatoms. The molecule has 1 atom stereocenters. The van der Waals surface area contributed by atoms with Crippen molar-refractivity contribution < 1.29 is 9.59 Å². The highest BCUT2D eigenvalue weighted by Gasteiger charge is 2.32. The number of benzene rings is 1. The van der Waals surface area contributed by atoms with Crippen LogP contribution in [-0.2, 0) is 4.79 Å². The van der Waals surface area contributed by atoms with Gasteiger partial charge in [0.05, 0.1) is 5.56 Å². The van der Waals surface area contributed by atoms with Crippen LogP contribution in [0.5, 0.6) is 0 Å². The maximum atomic E-state index is 12.7. The molecule has 1 aromatic rings. The van der Waals surface area contributed by atoms with Crippen LogP contribution in [0, 0.1) is 6.92 Å². The summed E-state index contributed by atoms with van der Waals surface area (Å²) >= 11 is 3.42. The van der Waals surface area contributed by atoms with Gasteiger partial charge in [0, 0.05) is 18.1 Å². The van der Waals surface area contributed by atoms with Crippen LogP contribution >= 0.6 is 15.9 Å². The molecule has 1 aromatic carbocycles. The predicted octanol–water partition coefficient (Wildman–Crippen LogP) is 2.50. The number of aryl methyl sites for hydroxylation is 1. The van der Waals surface area contributed by atoms with Gasteiger partial charge >= 0.3 is 0 Å². The van der Waals surface area contributed by atoms with E-state index in [1.807, 2.05) is 25.1 Å². The standard InChI is InChI=1S/C15H19BrN2O2/c1-10-6-7-12(16)11(9-10)15(20)18-8-4-3-5-13(18)14(19)17-2/h6-7,9,13H,3-5,8H2,1-2H3,(H,17,19). The molecule has 1 N–H and O–H groups in total. The lowest BCUT2D eigenvalue weighted by molar-refractivity contribution is -0.126. The van der Waals surface area contributed by atoms with E-state index in [2.05, 4.69) is 21.2 Å². The van der Waals surface area contributed by atoms with Gasteiger partial charge in [0.15, 0.2) is 0 Å². The number of hydrogen-bond donors (Lipinski definition) is 1. The Morgan fingerprint density at radius 3 is 2.80 bits per heavy atom. The fourth-order valence-corrected chi connectivity index (χ4v) is 2.99. The normalized spacial score (nSPS) is 18.8. The lowest BCUT2D eigenvalue weighted by Gasteiger charge is -2.34. The molecule has 0 aliphatic carbocycles. The van der Waals surface area contributed by atoms with Gasteiger partial charge in [0.1, 0.15) is 6.04 Å². The molecular weight excluding hydrogens is 320 g/mol. The topological polar surface area (TPSA) is 49.4 Å². The molecule has 0 aromatic heterocycles. The highest BCUT2D eigenvalue weighted by atomic mass is 79.9. The first-order chi connectivity index (χ1) is 9.54. The van der Waals surface area contributed by atoms with Crippen LogP contribution in [0.1, 0.15) is 35.2 Å². The number of piperidine rings is 1. The smallest absolute Gasteiger partial charge is 0.255 e. The lowest BCUT2D eigenvalue weighted by Crippen LogP contribution is -2.51. The Hall–Kier alpha value is -1.36. The molecule has 1 aliphatic rings. The van der Waals surface area contributed by atoms with Gasteiger partial charge in [-0.05, 0) is 54.2 Å². The van der Waals surface area contributed by atoms with E-state index in [1.165, 1.54) is 0 Å². The van der Waals surface area contributed by atoms with Crippen molar-refractivity contribution >= 4 is 27.7 Å². The first-order valence-corrected chi connectivity index (χ1v) is 7.62. The zero-order chi connectivity index (χ0) is 14.7. The molecule has 2 amide bonds. The number of nitrogens with zero attached hydrogens (tertiary/aromatic N) is 1. The molecule has 4 nitrogen and oxygen atoms in total. The summed E-state index contributed by atoms with van der Waals surface area (Å²) < 4.78 is 0.773. The number of amides is 2. The van der Waals surface area contributed by atoms with E-state index < -0.39 is 0 Å². The van der Waals surface area contributed by atoms with Crippen LogP contribution in [0.25, 0.3) is 0 Å². The van der Waals surface area contributed by atoms with Crippen molar-refractivity contribution in [3.8, 4) is 0 Å². The minimum Gasteiger partial charge on any atom is -0.357 e. The van der Waals surface area contributed by atoms with Crippen molar-refractivity contribution in [2.24, 2.45) is 0 Å². The number of halogens is 1. The molecule has 1 saturated heterocycles. The van der Waals surface area contributed by atoms with Crippen LogP contribution in [0.4, 0.5) is 0 Å². The van der Waals surface area contributed by atoms with Crippen LogP contribution in [0.2, 0.25) is 0 Å². The van der Waals surface area contributed by atoms with E-state index in [0.29, 0.717) is 12.1 Å². The summed E-state index contributed by atoms with van der Waals surface area (Å²) in [5.41, 5.74) is 1.66. The quantitative estimate of drug-likeness (QED) is 0.900. The van der Waals surface area contributed by atoms with E-state index in [0.717, 1.165) is 29.3 Å².